The lowest BCUT2D eigenvalue weighted by molar-refractivity contribution is -0.129. The highest BCUT2D eigenvalue weighted by Gasteiger charge is 2.26. The number of nitrogens with one attached hydrogen (secondary N) is 5. The first kappa shape index (κ1) is 61.1. The molecule has 8 rings (SSSR count). The van der Waals surface area contributed by atoms with Gasteiger partial charge in [-0.25, -0.2) is 9.15 Å². The van der Waals surface area contributed by atoms with Gasteiger partial charge in [0, 0.05) is 152 Å². The Kier molecular flexibility index (Phi) is 20.0. The van der Waals surface area contributed by atoms with Crippen molar-refractivity contribution in [2.24, 2.45) is 0 Å². The van der Waals surface area contributed by atoms with Crippen molar-refractivity contribution in [3.63, 3.8) is 0 Å². The summed E-state index contributed by atoms with van der Waals surface area (Å²) in [5.41, 5.74) is 7.85. The topological polar surface area (TPSA) is 240 Å². The molecule has 85 heavy (non-hydrogen) atoms. The van der Waals surface area contributed by atoms with Crippen molar-refractivity contribution < 1.29 is 52.2 Å². The molecule has 4 aliphatic rings. The molecule has 2 aliphatic carbocycles. The number of benzene rings is 6. The molecule has 4 aromatic rings. The van der Waals surface area contributed by atoms with Crippen LogP contribution in [-0.2, 0) is 19.2 Å². The number of aliphatic hydroxyl groups is 1. The second-order valence-electron chi connectivity index (χ2n) is 21.1. The predicted octanol–water partition coefficient (Wildman–Crippen LogP) is 5.24. The smallest absolute Gasteiger partial charge is 0.298 e. The minimum Gasteiger partial charge on any atom is -0.467 e. The Morgan fingerprint density at radius 1 is 0.612 bits per heavy atom. The van der Waals surface area contributed by atoms with Crippen LogP contribution in [-0.4, -0.2) is 137 Å². The van der Waals surface area contributed by atoms with Crippen molar-refractivity contribution in [2.45, 2.75) is 38.1 Å². The highest BCUT2D eigenvalue weighted by Crippen LogP contribution is 2.46. The van der Waals surface area contributed by atoms with Gasteiger partial charge in [0.25, 0.3) is 18.3 Å². The zero-order chi connectivity index (χ0) is 60.9. The Bertz CT molecular complexity index is 3960. The maximum atomic E-state index is 13.5. The van der Waals surface area contributed by atoms with Crippen LogP contribution in [0.4, 0.5) is 11.4 Å². The summed E-state index contributed by atoms with van der Waals surface area (Å²) in [4.78, 5) is 82.1. The second kappa shape index (κ2) is 27.8. The summed E-state index contributed by atoms with van der Waals surface area (Å²) in [6.45, 7) is -0.176. The normalized spacial score (nSPS) is 11.3. The van der Waals surface area contributed by atoms with Gasteiger partial charge < -0.3 is 59.8 Å². The number of unbranched alkanes of at least 4 members (excludes halogenated alkanes) is 1. The van der Waals surface area contributed by atoms with E-state index in [1.165, 1.54) is 6.07 Å². The van der Waals surface area contributed by atoms with Crippen LogP contribution >= 0.6 is 0 Å². The zero-order valence-electron chi connectivity index (χ0n) is 49.0. The number of fused-ring (bicyclic) bond motifs is 4. The minimum atomic E-state index is -0.952. The maximum absolute atomic E-state index is 13.5. The van der Waals surface area contributed by atoms with E-state index in [0.29, 0.717) is 53.1 Å². The van der Waals surface area contributed by atoms with Gasteiger partial charge in [-0.1, -0.05) is 5.92 Å². The molecular weight excluding hydrogens is 1080 g/mol. The number of ether oxygens (including phenoxy) is 2. The third kappa shape index (κ3) is 14.6. The number of anilines is 2. The van der Waals surface area contributed by atoms with Crippen LogP contribution in [0.3, 0.4) is 0 Å². The van der Waals surface area contributed by atoms with Gasteiger partial charge in [-0.3, -0.25) is 28.8 Å². The first-order valence-electron chi connectivity index (χ1n) is 27.7. The van der Waals surface area contributed by atoms with Gasteiger partial charge in [-0.2, -0.15) is 0 Å². The van der Waals surface area contributed by atoms with E-state index in [2.05, 4.69) is 32.5 Å². The SMILES string of the molecule is C#CCNC(=O)[C@H](CCCCNC(=O)CCNC(=O)c1ccc(-c2c3ccc(=[N+](C)C)cc-3oc3cc(N(C)C)ccc23)c(OCO)c1)NC(=O)CCNC(=O)c1ccc(-c2c3ccc(=[N+](C)C)cc-3oc3cc(N(C)C)ccc23)c(OC=O)c1. The fraction of sp³-hybridized carbons (Fsp3) is 0.292. The molecule has 440 valence electrons. The Labute approximate surface area is 492 Å². The van der Waals surface area contributed by atoms with Crippen LogP contribution in [0.5, 0.6) is 11.5 Å². The lowest BCUT2D eigenvalue weighted by atomic mass is 9.92. The summed E-state index contributed by atoms with van der Waals surface area (Å²) in [6, 6.07) is 32.4. The molecule has 0 saturated heterocycles. The summed E-state index contributed by atoms with van der Waals surface area (Å²) in [5, 5.41) is 27.1. The monoisotopic (exact) mass is 1150 g/mol. The van der Waals surface area contributed by atoms with Gasteiger partial charge in [0.15, 0.2) is 6.79 Å². The summed E-state index contributed by atoms with van der Waals surface area (Å²) in [6.07, 6.45) is 6.34. The zero-order valence-corrected chi connectivity index (χ0v) is 49.0. The van der Waals surface area contributed by atoms with Gasteiger partial charge >= 0.3 is 0 Å². The van der Waals surface area contributed by atoms with Crippen LogP contribution in [0.25, 0.3) is 66.8 Å². The molecule has 20 heteroatoms. The van der Waals surface area contributed by atoms with Gasteiger partial charge in [-0.15, -0.1) is 6.42 Å². The summed E-state index contributed by atoms with van der Waals surface area (Å²) in [5.74, 6) is 1.75. The first-order chi connectivity index (χ1) is 40.9. The van der Waals surface area contributed by atoms with Crippen molar-refractivity contribution in [2.75, 3.05) is 99.2 Å². The Morgan fingerprint density at radius 3 is 1.61 bits per heavy atom. The third-order valence-electron chi connectivity index (χ3n) is 14.4. The number of terminal acetylenes is 1. The predicted molar refractivity (Wildman–Crippen MR) is 328 cm³/mol. The summed E-state index contributed by atoms with van der Waals surface area (Å²) >= 11 is 0. The van der Waals surface area contributed by atoms with Crippen LogP contribution in [0.1, 0.15) is 52.8 Å². The average molecular weight is 1150 g/mol. The Balaban J connectivity index is 0.832. The molecule has 0 bridgehead atoms. The van der Waals surface area contributed by atoms with E-state index in [0.717, 1.165) is 55.1 Å². The lowest BCUT2D eigenvalue weighted by Gasteiger charge is -2.19. The number of hydrogen-bond donors (Lipinski definition) is 6. The number of carbonyl (C=O) groups excluding carboxylic acids is 6. The van der Waals surface area contributed by atoms with Crippen molar-refractivity contribution in [3.8, 4) is 68.7 Å². The van der Waals surface area contributed by atoms with Gasteiger partial charge in [0.2, 0.25) is 28.4 Å². The first-order valence-corrected chi connectivity index (χ1v) is 27.7. The number of nitrogens with zero attached hydrogens (tertiary/aromatic N) is 4. The van der Waals surface area contributed by atoms with Crippen molar-refractivity contribution in [1.82, 2.24) is 35.7 Å². The molecule has 1 atom stereocenters. The van der Waals surface area contributed by atoms with E-state index in [9.17, 15) is 33.9 Å². The van der Waals surface area contributed by atoms with Gasteiger partial charge in [-0.05, 0) is 92.1 Å². The minimum absolute atomic E-state index is 0.0163. The highest BCUT2D eigenvalue weighted by molar-refractivity contribution is 6.07. The van der Waals surface area contributed by atoms with Gasteiger partial charge in [0.1, 0.15) is 68.4 Å². The molecule has 0 radical (unpaired) electrons. The van der Waals surface area contributed by atoms with Crippen LogP contribution in [0.2, 0.25) is 0 Å². The van der Waals surface area contributed by atoms with Crippen molar-refractivity contribution >= 4 is 69.3 Å². The van der Waals surface area contributed by atoms with Gasteiger partial charge in [0.05, 0.1) is 18.7 Å². The molecule has 5 amide bonds. The fourth-order valence-electron chi connectivity index (χ4n) is 9.88. The summed E-state index contributed by atoms with van der Waals surface area (Å²) in [7, 11) is 15.5. The van der Waals surface area contributed by atoms with E-state index in [1.54, 1.807) is 30.3 Å². The molecule has 0 spiro atoms. The molecule has 0 saturated carbocycles. The number of carbonyl (C=O) groups is 6. The molecule has 0 unspecified atom stereocenters. The second-order valence-corrected chi connectivity index (χ2v) is 21.1. The third-order valence-corrected chi connectivity index (χ3v) is 14.4. The van der Waals surface area contributed by atoms with Crippen molar-refractivity contribution in [3.05, 3.63) is 131 Å². The molecule has 0 fully saturated rings. The maximum Gasteiger partial charge on any atom is 0.298 e. The largest absolute Gasteiger partial charge is 0.467 e. The van der Waals surface area contributed by atoms with E-state index in [1.807, 2.05) is 148 Å². The molecule has 2 heterocycles. The Morgan fingerprint density at radius 2 is 1.12 bits per heavy atom. The number of aliphatic hydroxyl groups excluding tert-OH is 1. The molecule has 6 N–H and O–H groups in total. The standard InChI is InChI=1S/C65H69N9O11/c1-10-28-67-65(81)52(70-60(78)27-31-69-64(80)41-15-21-47(54(33-41)83-39-76)62-50-24-18-44(73(6)7)36-57(50)85-58-37-45(74(8)9)19-25-51(58)62)13-11-12-29-66-59(77)26-30-68-63(79)40-14-20-46(53(32-40)82-38-75)61-48-22-16-42(71(2)3)34-55(48)84-56-35-43(72(4)5)17-23-49(56)61/h1,14-25,32-37,39,52,75H,11-13,26-31,38H2,2-9H3,(H3-2,66,67,68,69,70,77,78,79,80,81)/p+2/t52-/m0/s1. The van der Waals surface area contributed by atoms with E-state index < -0.39 is 36.5 Å². The van der Waals surface area contributed by atoms with Crippen LogP contribution < -0.4 is 65.7 Å². The average Bonchev–Trinajstić information content (AvgIpc) is 3.53. The molecule has 0 aromatic heterocycles. The lowest BCUT2D eigenvalue weighted by Crippen LogP contribution is -2.47. The highest BCUT2D eigenvalue weighted by atomic mass is 16.6. The number of hydrogen-bond acceptors (Lipinski definition) is 13. The molecule has 20 nitrogen and oxygen atoms in total. The number of rotatable bonds is 24. The van der Waals surface area contributed by atoms with Crippen LogP contribution in [0.15, 0.2) is 118 Å². The fourth-order valence-corrected chi connectivity index (χ4v) is 9.88. The molecule has 2 aliphatic heterocycles. The number of amides is 5. The van der Waals surface area contributed by atoms with E-state index in [4.69, 9.17) is 24.7 Å². The Hall–Kier alpha value is -10.0. The van der Waals surface area contributed by atoms with Crippen LogP contribution in [0, 0.1) is 12.3 Å². The van der Waals surface area contributed by atoms with Crippen molar-refractivity contribution in [1.29, 1.82) is 0 Å². The molecule has 4 aromatic carbocycles. The molecular formula is C65H71N9O11+2. The van der Waals surface area contributed by atoms with E-state index in [-0.39, 0.29) is 74.0 Å². The quantitative estimate of drug-likeness (QED) is 0.0114. The summed E-state index contributed by atoms with van der Waals surface area (Å²) < 4.78 is 28.1. The van der Waals surface area contributed by atoms with E-state index >= 15 is 0 Å².